The Bertz CT molecular complexity index is 934. The molecule has 0 aromatic heterocycles. The van der Waals surface area contributed by atoms with Gasteiger partial charge in [0.05, 0.1) is 7.11 Å². The average molecular weight is 360 g/mol. The van der Waals surface area contributed by atoms with Gasteiger partial charge in [0.2, 0.25) is 15.9 Å². The maximum absolute atomic E-state index is 12.1. The Balaban J connectivity index is 2.19. The molecular formula is C18H20N2O4S. The zero-order chi connectivity index (χ0) is 18.6. The smallest absolute Gasteiger partial charge is 0.248 e. The summed E-state index contributed by atoms with van der Waals surface area (Å²) in [6.07, 6.45) is 3.09. The molecular weight excluding hydrogens is 340 g/mol. The molecule has 1 amide bonds. The minimum atomic E-state index is -3.96. The van der Waals surface area contributed by atoms with Gasteiger partial charge in [-0.1, -0.05) is 23.8 Å². The van der Waals surface area contributed by atoms with Gasteiger partial charge in [-0.05, 0) is 49.2 Å². The second-order valence-electron chi connectivity index (χ2n) is 5.59. The van der Waals surface area contributed by atoms with Crippen molar-refractivity contribution < 1.29 is 17.9 Å². The lowest BCUT2D eigenvalue weighted by Gasteiger charge is -2.09. The van der Waals surface area contributed by atoms with E-state index in [0.717, 1.165) is 16.7 Å². The Hall–Kier alpha value is -2.64. The Morgan fingerprint density at radius 1 is 1.16 bits per heavy atom. The lowest BCUT2D eigenvalue weighted by Crippen LogP contribution is -2.15. The van der Waals surface area contributed by atoms with E-state index >= 15 is 0 Å². The molecule has 0 aliphatic carbocycles. The van der Waals surface area contributed by atoms with Crippen LogP contribution in [-0.4, -0.2) is 21.4 Å². The van der Waals surface area contributed by atoms with Crippen molar-refractivity contribution in [1.82, 2.24) is 0 Å². The minimum Gasteiger partial charge on any atom is -0.495 e. The summed E-state index contributed by atoms with van der Waals surface area (Å²) in [5.41, 5.74) is 3.44. The monoisotopic (exact) mass is 360 g/mol. The average Bonchev–Trinajstić information content (AvgIpc) is 2.53. The number of benzene rings is 2. The van der Waals surface area contributed by atoms with Gasteiger partial charge in [0.15, 0.2) is 0 Å². The van der Waals surface area contributed by atoms with Crippen molar-refractivity contribution in [3.63, 3.8) is 0 Å². The van der Waals surface area contributed by atoms with E-state index in [9.17, 15) is 13.2 Å². The molecule has 3 N–H and O–H groups in total. The van der Waals surface area contributed by atoms with Gasteiger partial charge < -0.3 is 10.1 Å². The van der Waals surface area contributed by atoms with E-state index in [1.54, 1.807) is 6.08 Å². The van der Waals surface area contributed by atoms with Crippen LogP contribution in [0.5, 0.6) is 5.75 Å². The van der Waals surface area contributed by atoms with Crippen molar-refractivity contribution in [1.29, 1.82) is 0 Å². The molecule has 0 atom stereocenters. The second-order valence-corrected chi connectivity index (χ2v) is 7.12. The molecule has 0 bridgehead atoms. The van der Waals surface area contributed by atoms with Crippen LogP contribution in [0, 0.1) is 13.8 Å². The molecule has 0 fully saturated rings. The first kappa shape index (κ1) is 18.7. The fourth-order valence-corrected chi connectivity index (χ4v) is 3.06. The number of nitrogens with two attached hydrogens (primary N) is 1. The summed E-state index contributed by atoms with van der Waals surface area (Å²) >= 11 is 0. The first-order chi connectivity index (χ1) is 11.7. The molecule has 2 aromatic carbocycles. The third-order valence-electron chi connectivity index (χ3n) is 3.58. The molecule has 132 valence electrons. The molecule has 2 rings (SSSR count). The summed E-state index contributed by atoms with van der Waals surface area (Å²) in [5, 5.41) is 7.77. The highest BCUT2D eigenvalue weighted by Gasteiger charge is 2.16. The molecule has 0 heterocycles. The Kier molecular flexibility index (Phi) is 5.61. The highest BCUT2D eigenvalue weighted by Crippen LogP contribution is 2.26. The zero-order valence-corrected chi connectivity index (χ0v) is 15.1. The van der Waals surface area contributed by atoms with E-state index in [4.69, 9.17) is 9.88 Å². The number of primary sulfonamides is 1. The number of sulfonamides is 1. The molecule has 0 aliphatic heterocycles. The third kappa shape index (κ3) is 4.91. The molecule has 0 spiro atoms. The molecule has 0 saturated carbocycles. The predicted molar refractivity (Wildman–Crippen MR) is 97.9 cm³/mol. The van der Waals surface area contributed by atoms with E-state index in [0.29, 0.717) is 5.69 Å². The quantitative estimate of drug-likeness (QED) is 0.801. The van der Waals surface area contributed by atoms with Crippen LogP contribution in [0.3, 0.4) is 0 Å². The van der Waals surface area contributed by atoms with E-state index < -0.39 is 10.0 Å². The van der Waals surface area contributed by atoms with Crippen LogP contribution < -0.4 is 15.2 Å². The van der Waals surface area contributed by atoms with Crippen molar-refractivity contribution in [2.45, 2.75) is 18.7 Å². The summed E-state index contributed by atoms with van der Waals surface area (Å²) in [6, 6.07) is 10.2. The van der Waals surface area contributed by atoms with Crippen LogP contribution in [0.15, 0.2) is 47.4 Å². The van der Waals surface area contributed by atoms with Crippen LogP contribution in [0.25, 0.3) is 6.08 Å². The summed E-state index contributed by atoms with van der Waals surface area (Å²) in [7, 11) is -2.62. The number of hydrogen-bond donors (Lipinski definition) is 2. The molecule has 0 unspecified atom stereocenters. The van der Waals surface area contributed by atoms with Gasteiger partial charge in [-0.3, -0.25) is 4.79 Å². The summed E-state index contributed by atoms with van der Waals surface area (Å²) < 4.78 is 28.2. The first-order valence-electron chi connectivity index (χ1n) is 7.48. The maximum Gasteiger partial charge on any atom is 0.248 e. The number of carbonyl (C=O) groups excluding carboxylic acids is 1. The van der Waals surface area contributed by atoms with Gasteiger partial charge in [0.25, 0.3) is 0 Å². The topological polar surface area (TPSA) is 98.5 Å². The third-order valence-corrected chi connectivity index (χ3v) is 4.51. The van der Waals surface area contributed by atoms with Crippen LogP contribution >= 0.6 is 0 Å². The summed E-state index contributed by atoms with van der Waals surface area (Å²) in [6.45, 7) is 3.96. The van der Waals surface area contributed by atoms with Crippen LogP contribution in [0.2, 0.25) is 0 Å². The van der Waals surface area contributed by atoms with Gasteiger partial charge in [-0.25, -0.2) is 13.6 Å². The van der Waals surface area contributed by atoms with Crippen LogP contribution in [0.4, 0.5) is 5.69 Å². The number of amides is 1. The maximum atomic E-state index is 12.1. The van der Waals surface area contributed by atoms with Crippen molar-refractivity contribution in [2.75, 3.05) is 12.4 Å². The number of rotatable bonds is 5. The fourth-order valence-electron chi connectivity index (χ4n) is 2.34. The number of carbonyl (C=O) groups is 1. The van der Waals surface area contributed by atoms with Gasteiger partial charge in [0, 0.05) is 11.8 Å². The molecule has 7 heteroatoms. The standard InChI is InChI=1S/C18H20N2O4S/c1-12-4-5-14(13(2)10-12)6-9-18(21)20-15-7-8-16(24-3)17(11-15)25(19,22)23/h4-11H,1-3H3,(H,20,21)(H2,19,22,23). The normalized spacial score (nSPS) is 11.5. The second kappa shape index (κ2) is 7.50. The van der Waals surface area contributed by atoms with Gasteiger partial charge >= 0.3 is 0 Å². The van der Waals surface area contributed by atoms with Gasteiger partial charge in [-0.2, -0.15) is 0 Å². The van der Waals surface area contributed by atoms with Gasteiger partial charge in [-0.15, -0.1) is 0 Å². The first-order valence-corrected chi connectivity index (χ1v) is 9.02. The number of anilines is 1. The van der Waals surface area contributed by atoms with Crippen molar-refractivity contribution in [3.05, 3.63) is 59.2 Å². The summed E-state index contributed by atoms with van der Waals surface area (Å²) in [5.74, 6) is -0.267. The number of nitrogens with one attached hydrogen (secondary N) is 1. The van der Waals surface area contributed by atoms with Crippen LogP contribution in [-0.2, 0) is 14.8 Å². The number of ether oxygens (including phenoxy) is 1. The SMILES string of the molecule is COc1ccc(NC(=O)C=Cc2ccc(C)cc2C)cc1S(N)(=O)=O. The largest absolute Gasteiger partial charge is 0.495 e. The molecule has 25 heavy (non-hydrogen) atoms. The minimum absolute atomic E-state index is 0.117. The van der Waals surface area contributed by atoms with Crippen molar-refractivity contribution in [2.24, 2.45) is 5.14 Å². The molecule has 0 radical (unpaired) electrons. The zero-order valence-electron chi connectivity index (χ0n) is 14.2. The van der Waals surface area contributed by atoms with E-state index in [1.165, 1.54) is 31.4 Å². The molecule has 0 aliphatic rings. The van der Waals surface area contributed by atoms with Crippen LogP contribution in [0.1, 0.15) is 16.7 Å². The number of methoxy groups -OCH3 is 1. The lowest BCUT2D eigenvalue weighted by molar-refractivity contribution is -0.111. The van der Waals surface area contributed by atoms with Gasteiger partial charge in [0.1, 0.15) is 10.6 Å². The van der Waals surface area contributed by atoms with Crippen molar-refractivity contribution >= 4 is 27.7 Å². The summed E-state index contributed by atoms with van der Waals surface area (Å²) in [4.78, 5) is 11.9. The molecule has 0 saturated heterocycles. The molecule has 2 aromatic rings. The lowest BCUT2D eigenvalue weighted by atomic mass is 10.1. The Labute approximate surface area is 147 Å². The molecule has 6 nitrogen and oxygen atoms in total. The Morgan fingerprint density at radius 2 is 1.88 bits per heavy atom. The fraction of sp³-hybridized carbons (Fsp3) is 0.167. The van der Waals surface area contributed by atoms with E-state index in [2.05, 4.69) is 5.32 Å². The predicted octanol–water partition coefficient (Wildman–Crippen LogP) is 2.61. The highest BCUT2D eigenvalue weighted by molar-refractivity contribution is 7.89. The van der Waals surface area contributed by atoms with E-state index in [-0.39, 0.29) is 16.6 Å². The Morgan fingerprint density at radius 3 is 2.48 bits per heavy atom. The number of hydrogen-bond acceptors (Lipinski definition) is 4. The van der Waals surface area contributed by atoms with E-state index in [1.807, 2.05) is 32.0 Å². The highest BCUT2D eigenvalue weighted by atomic mass is 32.2. The number of aryl methyl sites for hydroxylation is 2. The van der Waals surface area contributed by atoms with Crippen molar-refractivity contribution in [3.8, 4) is 5.75 Å².